The fraction of sp³-hybridized carbons (Fsp3) is 0.333. The van der Waals surface area contributed by atoms with Crippen molar-refractivity contribution in [2.24, 2.45) is 0 Å². The standard InChI is InChI=1S/C15H16N4O4/c1-8-4-5-11(22-8)6-16-12(20)7-19-15(21)14-13(9(2)17-19)10(3)23-18-14/h4-5H,6-7H2,1-3H3,(H,16,20). The molecule has 0 aliphatic heterocycles. The molecule has 0 saturated heterocycles. The normalized spacial score (nSPS) is 11.1. The van der Waals surface area contributed by atoms with Gasteiger partial charge in [-0.3, -0.25) is 9.59 Å². The Bertz CT molecular complexity index is 935. The third kappa shape index (κ3) is 2.87. The minimum atomic E-state index is -0.452. The van der Waals surface area contributed by atoms with Crippen LogP contribution in [0.2, 0.25) is 0 Å². The molecule has 0 bridgehead atoms. The molecule has 0 aliphatic carbocycles. The number of fused-ring (bicyclic) bond motifs is 1. The molecule has 0 aliphatic rings. The zero-order valence-electron chi connectivity index (χ0n) is 13.0. The van der Waals surface area contributed by atoms with Crippen LogP contribution in [0.25, 0.3) is 10.9 Å². The van der Waals surface area contributed by atoms with E-state index in [0.717, 1.165) is 10.4 Å². The number of furan rings is 1. The van der Waals surface area contributed by atoms with Gasteiger partial charge in [-0.1, -0.05) is 5.16 Å². The van der Waals surface area contributed by atoms with Crippen molar-refractivity contribution in [3.63, 3.8) is 0 Å². The van der Waals surface area contributed by atoms with Gasteiger partial charge in [0.25, 0.3) is 5.56 Å². The maximum atomic E-state index is 12.3. The van der Waals surface area contributed by atoms with Gasteiger partial charge in [0.05, 0.1) is 17.6 Å². The molecule has 0 aromatic carbocycles. The highest BCUT2D eigenvalue weighted by Gasteiger charge is 2.16. The molecule has 8 heteroatoms. The molecule has 1 amide bonds. The van der Waals surface area contributed by atoms with Gasteiger partial charge >= 0.3 is 0 Å². The number of aryl methyl sites for hydroxylation is 3. The summed E-state index contributed by atoms with van der Waals surface area (Å²) in [4.78, 5) is 24.3. The quantitative estimate of drug-likeness (QED) is 0.776. The summed E-state index contributed by atoms with van der Waals surface area (Å²) in [5, 5.41) is 11.2. The Morgan fingerprint density at radius 1 is 1.30 bits per heavy atom. The van der Waals surface area contributed by atoms with Crippen LogP contribution in [0.4, 0.5) is 0 Å². The first-order chi connectivity index (χ1) is 11.0. The molecule has 0 unspecified atom stereocenters. The van der Waals surface area contributed by atoms with Crippen molar-refractivity contribution in [3.05, 3.63) is 45.5 Å². The van der Waals surface area contributed by atoms with Gasteiger partial charge in [0.15, 0.2) is 5.52 Å². The first-order valence-electron chi connectivity index (χ1n) is 7.11. The maximum absolute atomic E-state index is 12.3. The second-order valence-electron chi connectivity index (χ2n) is 5.30. The zero-order valence-corrected chi connectivity index (χ0v) is 13.0. The van der Waals surface area contributed by atoms with Gasteiger partial charge in [-0.15, -0.1) is 0 Å². The molecule has 0 radical (unpaired) electrons. The molecular formula is C15H16N4O4. The highest BCUT2D eigenvalue weighted by Crippen LogP contribution is 2.16. The predicted octanol–water partition coefficient (Wildman–Crippen LogP) is 1.22. The Labute approximate surface area is 131 Å². The molecule has 8 nitrogen and oxygen atoms in total. The van der Waals surface area contributed by atoms with Crippen LogP contribution in [0.5, 0.6) is 0 Å². The second-order valence-corrected chi connectivity index (χ2v) is 5.30. The van der Waals surface area contributed by atoms with Gasteiger partial charge in [0.1, 0.15) is 23.8 Å². The number of nitrogens with one attached hydrogen (secondary N) is 1. The van der Waals surface area contributed by atoms with E-state index in [9.17, 15) is 9.59 Å². The smallest absolute Gasteiger partial charge is 0.297 e. The monoisotopic (exact) mass is 316 g/mol. The van der Waals surface area contributed by atoms with Crippen LogP contribution in [0.15, 0.2) is 25.9 Å². The molecule has 23 heavy (non-hydrogen) atoms. The van der Waals surface area contributed by atoms with Crippen molar-refractivity contribution < 1.29 is 13.7 Å². The van der Waals surface area contributed by atoms with Crippen molar-refractivity contribution in [2.45, 2.75) is 33.9 Å². The third-order valence-electron chi connectivity index (χ3n) is 3.48. The summed E-state index contributed by atoms with van der Waals surface area (Å²) >= 11 is 0. The number of amides is 1. The van der Waals surface area contributed by atoms with Crippen molar-refractivity contribution in [1.29, 1.82) is 0 Å². The fourth-order valence-corrected chi connectivity index (χ4v) is 2.41. The highest BCUT2D eigenvalue weighted by molar-refractivity contribution is 5.82. The van der Waals surface area contributed by atoms with Gasteiger partial charge in [-0.25, -0.2) is 4.68 Å². The molecule has 3 aromatic heterocycles. The Morgan fingerprint density at radius 3 is 2.78 bits per heavy atom. The van der Waals surface area contributed by atoms with Crippen LogP contribution in [0.3, 0.4) is 0 Å². The zero-order chi connectivity index (χ0) is 16.6. The second kappa shape index (κ2) is 5.71. The average Bonchev–Trinajstić information content (AvgIpc) is 3.09. The fourth-order valence-electron chi connectivity index (χ4n) is 2.41. The first-order valence-corrected chi connectivity index (χ1v) is 7.11. The molecule has 0 atom stereocenters. The van der Waals surface area contributed by atoms with Crippen molar-refractivity contribution in [1.82, 2.24) is 20.3 Å². The lowest BCUT2D eigenvalue weighted by Gasteiger charge is -2.06. The van der Waals surface area contributed by atoms with E-state index in [1.807, 2.05) is 13.0 Å². The molecule has 3 aromatic rings. The van der Waals surface area contributed by atoms with Crippen LogP contribution < -0.4 is 10.9 Å². The maximum Gasteiger partial charge on any atom is 0.297 e. The Kier molecular flexibility index (Phi) is 3.73. The third-order valence-corrected chi connectivity index (χ3v) is 3.48. The van der Waals surface area contributed by atoms with E-state index >= 15 is 0 Å². The lowest BCUT2D eigenvalue weighted by Crippen LogP contribution is -2.33. The Hall–Kier alpha value is -2.90. The summed E-state index contributed by atoms with van der Waals surface area (Å²) in [6.07, 6.45) is 0. The summed E-state index contributed by atoms with van der Waals surface area (Å²) in [7, 11) is 0. The summed E-state index contributed by atoms with van der Waals surface area (Å²) < 4.78 is 11.5. The first kappa shape index (κ1) is 15.0. The molecule has 0 saturated carbocycles. The molecule has 3 heterocycles. The number of carbonyl (C=O) groups excluding carboxylic acids is 1. The van der Waals surface area contributed by atoms with Gasteiger partial charge in [0, 0.05) is 0 Å². The SMILES string of the molecule is Cc1ccc(CNC(=O)Cn2nc(C)c3c(C)onc3c2=O)o1. The topological polar surface area (TPSA) is 103 Å². The van der Waals surface area contributed by atoms with E-state index in [0.29, 0.717) is 22.6 Å². The summed E-state index contributed by atoms with van der Waals surface area (Å²) in [6.45, 7) is 5.34. The minimum Gasteiger partial charge on any atom is -0.465 e. The summed E-state index contributed by atoms with van der Waals surface area (Å²) in [6, 6.07) is 3.60. The van der Waals surface area contributed by atoms with Gasteiger partial charge in [0.2, 0.25) is 5.91 Å². The molecule has 0 spiro atoms. The lowest BCUT2D eigenvalue weighted by atomic mass is 10.2. The van der Waals surface area contributed by atoms with Crippen LogP contribution in [0, 0.1) is 20.8 Å². The minimum absolute atomic E-state index is 0.185. The van der Waals surface area contributed by atoms with E-state index in [-0.39, 0.29) is 24.5 Å². The van der Waals surface area contributed by atoms with E-state index in [4.69, 9.17) is 8.94 Å². The summed E-state index contributed by atoms with van der Waals surface area (Å²) in [5.41, 5.74) is 0.323. The largest absolute Gasteiger partial charge is 0.465 e. The van der Waals surface area contributed by atoms with E-state index in [2.05, 4.69) is 15.6 Å². The van der Waals surface area contributed by atoms with E-state index < -0.39 is 5.56 Å². The number of hydrogen-bond acceptors (Lipinski definition) is 6. The van der Waals surface area contributed by atoms with Crippen LogP contribution >= 0.6 is 0 Å². The number of aromatic nitrogens is 3. The predicted molar refractivity (Wildman–Crippen MR) is 80.8 cm³/mol. The van der Waals surface area contributed by atoms with Crippen molar-refractivity contribution in [2.75, 3.05) is 0 Å². The van der Waals surface area contributed by atoms with E-state index in [1.165, 1.54) is 0 Å². The van der Waals surface area contributed by atoms with Crippen LogP contribution in [-0.4, -0.2) is 20.8 Å². The number of rotatable bonds is 4. The van der Waals surface area contributed by atoms with Crippen LogP contribution in [0.1, 0.15) is 23.0 Å². The molecule has 1 N–H and O–H groups in total. The number of hydrogen-bond donors (Lipinski definition) is 1. The Morgan fingerprint density at radius 2 is 2.09 bits per heavy atom. The van der Waals surface area contributed by atoms with Crippen molar-refractivity contribution >= 4 is 16.8 Å². The highest BCUT2D eigenvalue weighted by atomic mass is 16.5. The van der Waals surface area contributed by atoms with Gasteiger partial charge in [-0.2, -0.15) is 5.10 Å². The molecule has 120 valence electrons. The van der Waals surface area contributed by atoms with Gasteiger partial charge < -0.3 is 14.3 Å². The number of carbonyl (C=O) groups is 1. The molecular weight excluding hydrogens is 300 g/mol. The lowest BCUT2D eigenvalue weighted by molar-refractivity contribution is -0.122. The van der Waals surface area contributed by atoms with Gasteiger partial charge in [-0.05, 0) is 32.9 Å². The molecule has 0 fully saturated rings. The number of nitrogens with zero attached hydrogens (tertiary/aromatic N) is 3. The average molecular weight is 316 g/mol. The van der Waals surface area contributed by atoms with Crippen molar-refractivity contribution in [3.8, 4) is 0 Å². The van der Waals surface area contributed by atoms with E-state index in [1.54, 1.807) is 19.9 Å². The Balaban J connectivity index is 1.77. The molecule has 3 rings (SSSR count). The summed E-state index contributed by atoms with van der Waals surface area (Å²) in [5.74, 6) is 1.61. The van der Waals surface area contributed by atoms with Crippen LogP contribution in [-0.2, 0) is 17.9 Å².